The number of unbranched alkanes of at least 4 members (excludes halogenated alkanes) is 1. The van der Waals surface area contributed by atoms with Gasteiger partial charge < -0.3 is 9.64 Å². The first-order valence-electron chi connectivity index (χ1n) is 15.0. The molecule has 0 radical (unpaired) electrons. The Hall–Kier alpha value is -3.14. The fourth-order valence-corrected chi connectivity index (χ4v) is 6.72. The van der Waals surface area contributed by atoms with Crippen LogP contribution in [0.4, 0.5) is 4.79 Å². The number of hydrogen-bond acceptors (Lipinski definition) is 6. The minimum atomic E-state index is -0.668. The molecule has 3 amide bonds. The molecule has 5 rings (SSSR count). The van der Waals surface area contributed by atoms with Crippen LogP contribution in [0, 0.1) is 11.8 Å². The van der Waals surface area contributed by atoms with Crippen LogP contribution >= 0.6 is 0 Å². The molecule has 1 aromatic heterocycles. The number of hydrogen-bond donors (Lipinski definition) is 1. The maximum Gasteiger partial charge on any atom is 0.409 e. The highest BCUT2D eigenvalue weighted by Gasteiger charge is 2.32. The zero-order valence-corrected chi connectivity index (χ0v) is 23.9. The SMILES string of the molecule is CCCCOC(=O)N1CCC(CC2CCN(Cc3cccc4c3n(C)c(=O)n4C3CCC(=O)NC3=O)CC2)CC1. The van der Waals surface area contributed by atoms with Gasteiger partial charge in [0.1, 0.15) is 6.04 Å². The maximum absolute atomic E-state index is 13.2. The molecule has 40 heavy (non-hydrogen) atoms. The molecule has 1 N–H and O–H groups in total. The number of ether oxygens (including phenoxy) is 1. The van der Waals surface area contributed by atoms with Gasteiger partial charge in [0.25, 0.3) is 0 Å². The summed E-state index contributed by atoms with van der Waals surface area (Å²) in [5.74, 6) is 0.687. The van der Waals surface area contributed by atoms with E-state index in [1.165, 1.54) is 6.42 Å². The number of imidazole rings is 1. The number of imide groups is 1. The molecule has 1 aromatic carbocycles. The zero-order valence-electron chi connectivity index (χ0n) is 23.9. The largest absolute Gasteiger partial charge is 0.449 e. The van der Waals surface area contributed by atoms with Crippen molar-refractivity contribution in [2.75, 3.05) is 32.8 Å². The van der Waals surface area contributed by atoms with Gasteiger partial charge in [0.2, 0.25) is 11.8 Å². The third-order valence-electron chi connectivity index (χ3n) is 9.07. The van der Waals surface area contributed by atoms with Crippen molar-refractivity contribution in [1.29, 1.82) is 0 Å². The molecule has 0 bridgehead atoms. The molecule has 1 unspecified atom stereocenters. The summed E-state index contributed by atoms with van der Waals surface area (Å²) in [4.78, 5) is 54.0. The summed E-state index contributed by atoms with van der Waals surface area (Å²) in [5.41, 5.74) is 2.46. The predicted molar refractivity (Wildman–Crippen MR) is 152 cm³/mol. The van der Waals surface area contributed by atoms with Crippen LogP contribution in [-0.4, -0.2) is 69.6 Å². The summed E-state index contributed by atoms with van der Waals surface area (Å²) in [5, 5.41) is 2.38. The number of nitrogens with zero attached hydrogens (tertiary/aromatic N) is 4. The first kappa shape index (κ1) is 28.4. The van der Waals surface area contributed by atoms with E-state index >= 15 is 0 Å². The second-order valence-electron chi connectivity index (χ2n) is 11.8. The van der Waals surface area contributed by atoms with Gasteiger partial charge in [0, 0.05) is 33.1 Å². The number of benzene rings is 1. The van der Waals surface area contributed by atoms with Crippen LogP contribution in [0.1, 0.15) is 76.3 Å². The molecule has 10 heteroatoms. The second-order valence-corrected chi connectivity index (χ2v) is 11.8. The van der Waals surface area contributed by atoms with Crippen LogP contribution in [0.15, 0.2) is 23.0 Å². The molecule has 0 spiro atoms. The van der Waals surface area contributed by atoms with Gasteiger partial charge in [-0.15, -0.1) is 0 Å². The van der Waals surface area contributed by atoms with Crippen LogP contribution < -0.4 is 11.0 Å². The lowest BCUT2D eigenvalue weighted by molar-refractivity contribution is -0.135. The Morgan fingerprint density at radius 3 is 2.38 bits per heavy atom. The Kier molecular flexibility index (Phi) is 8.93. The number of nitrogens with one attached hydrogen (secondary N) is 1. The lowest BCUT2D eigenvalue weighted by Crippen LogP contribution is -2.44. The van der Waals surface area contributed by atoms with E-state index in [4.69, 9.17) is 4.74 Å². The Morgan fingerprint density at radius 1 is 1.00 bits per heavy atom. The van der Waals surface area contributed by atoms with Crippen molar-refractivity contribution < 1.29 is 19.1 Å². The Morgan fingerprint density at radius 2 is 1.70 bits per heavy atom. The van der Waals surface area contributed by atoms with Crippen molar-refractivity contribution in [2.24, 2.45) is 18.9 Å². The summed E-state index contributed by atoms with van der Waals surface area (Å²) >= 11 is 0. The van der Waals surface area contributed by atoms with Crippen molar-refractivity contribution in [1.82, 2.24) is 24.3 Å². The monoisotopic (exact) mass is 553 g/mol. The van der Waals surface area contributed by atoms with Gasteiger partial charge in [-0.2, -0.15) is 0 Å². The van der Waals surface area contributed by atoms with Gasteiger partial charge >= 0.3 is 11.8 Å². The van der Waals surface area contributed by atoms with E-state index in [9.17, 15) is 19.2 Å². The molecular formula is C30H43N5O5. The average molecular weight is 554 g/mol. The third kappa shape index (κ3) is 6.11. The van der Waals surface area contributed by atoms with Gasteiger partial charge in [-0.05, 0) is 81.5 Å². The van der Waals surface area contributed by atoms with Gasteiger partial charge in [0.15, 0.2) is 0 Å². The molecule has 0 aliphatic carbocycles. The molecule has 218 valence electrons. The van der Waals surface area contributed by atoms with E-state index in [0.29, 0.717) is 24.9 Å². The normalized spacial score (nSPS) is 21.6. The Balaban J connectivity index is 1.15. The fraction of sp³-hybridized carbons (Fsp3) is 0.667. The smallest absolute Gasteiger partial charge is 0.409 e. The number of rotatable bonds is 8. The van der Waals surface area contributed by atoms with Crippen molar-refractivity contribution in [3.8, 4) is 0 Å². The van der Waals surface area contributed by atoms with Crippen LogP contribution in [-0.2, 0) is 27.9 Å². The average Bonchev–Trinajstić information content (AvgIpc) is 3.20. The van der Waals surface area contributed by atoms with Crippen LogP contribution in [0.3, 0.4) is 0 Å². The van der Waals surface area contributed by atoms with E-state index in [1.54, 1.807) is 16.2 Å². The van der Waals surface area contributed by atoms with Crippen molar-refractivity contribution in [3.05, 3.63) is 34.2 Å². The Bertz CT molecular complexity index is 1280. The van der Waals surface area contributed by atoms with Crippen LogP contribution in [0.2, 0.25) is 0 Å². The highest BCUT2D eigenvalue weighted by molar-refractivity contribution is 6.00. The summed E-state index contributed by atoms with van der Waals surface area (Å²) in [6, 6.07) is 5.26. The van der Waals surface area contributed by atoms with E-state index in [2.05, 4.69) is 23.2 Å². The summed E-state index contributed by atoms with van der Waals surface area (Å²) in [6.07, 6.45) is 8.03. The van der Waals surface area contributed by atoms with Gasteiger partial charge in [-0.1, -0.05) is 25.5 Å². The first-order chi connectivity index (χ1) is 19.4. The lowest BCUT2D eigenvalue weighted by Gasteiger charge is -2.36. The van der Waals surface area contributed by atoms with E-state index in [1.807, 2.05) is 17.0 Å². The molecular weight excluding hydrogens is 510 g/mol. The topological polar surface area (TPSA) is 106 Å². The quantitative estimate of drug-likeness (QED) is 0.396. The number of likely N-dealkylation sites (tertiary alicyclic amines) is 2. The molecule has 2 aromatic rings. The molecule has 3 aliphatic rings. The summed E-state index contributed by atoms with van der Waals surface area (Å²) in [7, 11) is 1.76. The minimum absolute atomic E-state index is 0.153. The number of fused-ring (bicyclic) bond motifs is 1. The van der Waals surface area contributed by atoms with Gasteiger partial charge in [-0.3, -0.25) is 28.9 Å². The van der Waals surface area contributed by atoms with Gasteiger partial charge in [-0.25, -0.2) is 9.59 Å². The fourth-order valence-electron chi connectivity index (χ4n) is 6.72. The van der Waals surface area contributed by atoms with Crippen molar-refractivity contribution >= 4 is 28.9 Å². The minimum Gasteiger partial charge on any atom is -0.449 e. The molecule has 1 atom stereocenters. The molecule has 3 fully saturated rings. The lowest BCUT2D eigenvalue weighted by atomic mass is 9.83. The highest BCUT2D eigenvalue weighted by Crippen LogP contribution is 2.31. The standard InChI is InChI=1S/C30H43N5O5/c1-3-4-18-40-30(39)34-16-12-22(13-17-34)19-21-10-14-33(15-11-21)20-23-6-5-7-24-27(23)32(2)29(38)35(24)25-8-9-26(36)31-28(25)37/h5-7,21-22,25H,3-4,8-20H2,1-2H3,(H,31,36,37). The molecule has 3 saturated heterocycles. The summed E-state index contributed by atoms with van der Waals surface area (Å²) in [6.45, 7) is 7.01. The number of carbonyl (C=O) groups is 3. The second kappa shape index (κ2) is 12.6. The number of carbonyl (C=O) groups excluding carboxylic acids is 3. The number of para-hydroxylation sites is 1. The van der Waals surface area contributed by atoms with Crippen molar-refractivity contribution in [2.45, 2.75) is 77.3 Å². The van der Waals surface area contributed by atoms with E-state index in [0.717, 1.165) is 87.8 Å². The molecule has 10 nitrogen and oxygen atoms in total. The third-order valence-corrected chi connectivity index (χ3v) is 9.07. The molecule has 3 aliphatic heterocycles. The first-order valence-corrected chi connectivity index (χ1v) is 15.0. The highest BCUT2D eigenvalue weighted by atomic mass is 16.6. The van der Waals surface area contributed by atoms with E-state index in [-0.39, 0.29) is 24.1 Å². The zero-order chi connectivity index (χ0) is 28.2. The van der Waals surface area contributed by atoms with E-state index < -0.39 is 11.9 Å². The molecule has 0 saturated carbocycles. The Labute approximate surface area is 235 Å². The van der Waals surface area contributed by atoms with Gasteiger partial charge in [0.05, 0.1) is 17.6 Å². The van der Waals surface area contributed by atoms with Crippen molar-refractivity contribution in [3.63, 3.8) is 0 Å². The van der Waals surface area contributed by atoms with Crippen LogP contribution in [0.5, 0.6) is 0 Å². The summed E-state index contributed by atoms with van der Waals surface area (Å²) < 4.78 is 8.58. The maximum atomic E-state index is 13.2. The number of piperidine rings is 3. The number of aryl methyl sites for hydroxylation is 1. The number of aromatic nitrogens is 2. The molecule has 4 heterocycles. The van der Waals surface area contributed by atoms with Crippen LogP contribution in [0.25, 0.3) is 11.0 Å². The predicted octanol–water partition coefficient (Wildman–Crippen LogP) is 3.57. The number of amides is 3.